The number of fused-ring (bicyclic) bond motifs is 2. The minimum atomic E-state index is -0.0319. The zero-order chi connectivity index (χ0) is 11.1. The van der Waals surface area contributed by atoms with E-state index in [9.17, 15) is 5.11 Å². The Morgan fingerprint density at radius 1 is 1.06 bits per heavy atom. The summed E-state index contributed by atoms with van der Waals surface area (Å²) in [6.45, 7) is 4.73. The smallest absolute Gasteiger partial charge is 0.0635 e. The third kappa shape index (κ3) is 1.79. The standard InChI is InChI=1S/C13H24N2O/c1-14-8-10-4-5-12(11(9-14)13(10)16)15-6-2-3-7-15/h10-13,16H,2-9H2,1H3/t10-,11-,12-,13-/m1/s1. The van der Waals surface area contributed by atoms with Crippen LogP contribution >= 0.6 is 0 Å². The van der Waals surface area contributed by atoms with Crippen molar-refractivity contribution in [2.24, 2.45) is 11.8 Å². The van der Waals surface area contributed by atoms with E-state index in [1.807, 2.05) is 0 Å². The fourth-order valence-electron chi connectivity index (χ4n) is 4.14. The number of piperidine rings is 1. The summed E-state index contributed by atoms with van der Waals surface area (Å²) < 4.78 is 0. The second kappa shape index (κ2) is 4.28. The molecule has 1 saturated carbocycles. The van der Waals surface area contributed by atoms with Gasteiger partial charge in [-0.05, 0) is 51.7 Å². The summed E-state index contributed by atoms with van der Waals surface area (Å²) in [7, 11) is 2.21. The third-order valence-corrected chi connectivity index (χ3v) is 4.93. The molecule has 3 heteroatoms. The van der Waals surface area contributed by atoms with E-state index in [0.29, 0.717) is 17.9 Å². The van der Waals surface area contributed by atoms with Crippen LogP contribution in [0.25, 0.3) is 0 Å². The molecule has 92 valence electrons. The van der Waals surface area contributed by atoms with Crippen molar-refractivity contribution in [2.75, 3.05) is 33.2 Å². The highest BCUT2D eigenvalue weighted by Crippen LogP contribution is 2.38. The average molecular weight is 224 g/mol. The fraction of sp³-hybridized carbons (Fsp3) is 1.00. The van der Waals surface area contributed by atoms with Crippen LogP contribution in [-0.4, -0.2) is 60.3 Å². The van der Waals surface area contributed by atoms with E-state index >= 15 is 0 Å². The second-order valence-corrected chi connectivity index (χ2v) is 6.02. The first-order valence-corrected chi connectivity index (χ1v) is 6.86. The molecule has 2 bridgehead atoms. The molecule has 0 amide bonds. The topological polar surface area (TPSA) is 26.7 Å². The van der Waals surface area contributed by atoms with Crippen molar-refractivity contribution < 1.29 is 5.11 Å². The molecule has 4 atom stereocenters. The number of rotatable bonds is 1. The second-order valence-electron chi connectivity index (χ2n) is 6.02. The van der Waals surface area contributed by atoms with Crippen molar-refractivity contribution in [2.45, 2.75) is 37.8 Å². The Morgan fingerprint density at radius 2 is 1.81 bits per heavy atom. The van der Waals surface area contributed by atoms with E-state index < -0.39 is 0 Å². The van der Waals surface area contributed by atoms with E-state index in [1.54, 1.807) is 0 Å². The molecule has 0 spiro atoms. The number of hydrogen-bond acceptors (Lipinski definition) is 3. The predicted octanol–water partition coefficient (Wildman–Crippen LogP) is 0.783. The van der Waals surface area contributed by atoms with Gasteiger partial charge in [0.1, 0.15) is 0 Å². The lowest BCUT2D eigenvalue weighted by Gasteiger charge is -2.50. The summed E-state index contributed by atoms with van der Waals surface area (Å²) in [5, 5.41) is 10.4. The highest BCUT2D eigenvalue weighted by atomic mass is 16.3. The number of aliphatic hydroxyl groups is 1. The SMILES string of the molecule is CN1C[C@H]2CC[C@@H](N3CCCC3)[C@@H](C1)[C@@H]2O. The van der Waals surface area contributed by atoms with Crippen LogP contribution in [0.1, 0.15) is 25.7 Å². The van der Waals surface area contributed by atoms with Gasteiger partial charge in [0.2, 0.25) is 0 Å². The number of nitrogens with zero attached hydrogens (tertiary/aromatic N) is 2. The van der Waals surface area contributed by atoms with Gasteiger partial charge in [0.25, 0.3) is 0 Å². The van der Waals surface area contributed by atoms with Crippen LogP contribution in [0.2, 0.25) is 0 Å². The van der Waals surface area contributed by atoms with Gasteiger partial charge in [-0.3, -0.25) is 4.90 Å². The Hall–Kier alpha value is -0.120. The summed E-state index contributed by atoms with van der Waals surface area (Å²) in [6.07, 6.45) is 5.23. The first-order chi connectivity index (χ1) is 7.75. The lowest BCUT2D eigenvalue weighted by molar-refractivity contribution is -0.0800. The first kappa shape index (κ1) is 11.0. The first-order valence-electron chi connectivity index (χ1n) is 6.86. The minimum absolute atomic E-state index is 0.0319. The lowest BCUT2D eigenvalue weighted by atomic mass is 9.72. The van der Waals surface area contributed by atoms with E-state index in [0.717, 1.165) is 13.1 Å². The van der Waals surface area contributed by atoms with Crippen molar-refractivity contribution >= 4 is 0 Å². The van der Waals surface area contributed by atoms with Gasteiger partial charge in [0.05, 0.1) is 6.10 Å². The van der Waals surface area contributed by atoms with Gasteiger partial charge in [-0.25, -0.2) is 0 Å². The molecule has 1 N–H and O–H groups in total. The van der Waals surface area contributed by atoms with Gasteiger partial charge < -0.3 is 10.0 Å². The van der Waals surface area contributed by atoms with Gasteiger partial charge in [0.15, 0.2) is 0 Å². The van der Waals surface area contributed by atoms with Crippen molar-refractivity contribution in [1.82, 2.24) is 9.80 Å². The molecule has 3 nitrogen and oxygen atoms in total. The number of aliphatic hydroxyl groups excluding tert-OH is 1. The maximum Gasteiger partial charge on any atom is 0.0635 e. The maximum absolute atomic E-state index is 10.4. The van der Waals surface area contributed by atoms with Crippen molar-refractivity contribution in [3.05, 3.63) is 0 Å². The van der Waals surface area contributed by atoms with Crippen LogP contribution in [-0.2, 0) is 0 Å². The quantitative estimate of drug-likeness (QED) is 0.713. The van der Waals surface area contributed by atoms with Crippen LogP contribution in [0.3, 0.4) is 0 Å². The predicted molar refractivity (Wildman–Crippen MR) is 64.3 cm³/mol. The summed E-state index contributed by atoms with van der Waals surface area (Å²) >= 11 is 0. The Balaban J connectivity index is 1.74. The molecular weight excluding hydrogens is 200 g/mol. The molecule has 0 aromatic heterocycles. The molecule has 2 saturated heterocycles. The van der Waals surface area contributed by atoms with Crippen molar-refractivity contribution in [3.8, 4) is 0 Å². The highest BCUT2D eigenvalue weighted by molar-refractivity contribution is 4.98. The van der Waals surface area contributed by atoms with E-state index in [-0.39, 0.29) is 6.10 Å². The summed E-state index contributed by atoms with van der Waals surface area (Å²) in [5.74, 6) is 1.05. The maximum atomic E-state index is 10.4. The molecular formula is C13H24N2O. The normalized spacial score (nSPS) is 46.1. The third-order valence-electron chi connectivity index (χ3n) is 4.93. The average Bonchev–Trinajstić information content (AvgIpc) is 2.74. The highest BCUT2D eigenvalue weighted by Gasteiger charge is 2.44. The van der Waals surface area contributed by atoms with E-state index in [2.05, 4.69) is 16.8 Å². The van der Waals surface area contributed by atoms with Gasteiger partial charge in [0, 0.05) is 25.0 Å². The summed E-state index contributed by atoms with van der Waals surface area (Å²) in [4.78, 5) is 5.06. The molecule has 3 aliphatic rings. The molecule has 3 fully saturated rings. The molecule has 2 heterocycles. The van der Waals surface area contributed by atoms with Gasteiger partial charge in [-0.2, -0.15) is 0 Å². The molecule has 0 aromatic carbocycles. The lowest BCUT2D eigenvalue weighted by Crippen LogP contribution is -2.58. The van der Waals surface area contributed by atoms with Crippen LogP contribution in [0, 0.1) is 11.8 Å². The van der Waals surface area contributed by atoms with Crippen LogP contribution < -0.4 is 0 Å². The Morgan fingerprint density at radius 3 is 2.56 bits per heavy atom. The Kier molecular flexibility index (Phi) is 2.94. The molecule has 2 aliphatic heterocycles. The van der Waals surface area contributed by atoms with Gasteiger partial charge in [-0.1, -0.05) is 0 Å². The molecule has 0 radical (unpaired) electrons. The van der Waals surface area contributed by atoms with Crippen molar-refractivity contribution in [3.63, 3.8) is 0 Å². The molecule has 1 aliphatic carbocycles. The van der Waals surface area contributed by atoms with Gasteiger partial charge in [-0.15, -0.1) is 0 Å². The largest absolute Gasteiger partial charge is 0.392 e. The zero-order valence-corrected chi connectivity index (χ0v) is 10.3. The Labute approximate surface area is 98.4 Å². The molecule has 0 aromatic rings. The van der Waals surface area contributed by atoms with Crippen LogP contribution in [0.5, 0.6) is 0 Å². The number of hydrogen-bond donors (Lipinski definition) is 1. The number of likely N-dealkylation sites (tertiary alicyclic amines) is 2. The van der Waals surface area contributed by atoms with Gasteiger partial charge >= 0.3 is 0 Å². The fourth-order valence-corrected chi connectivity index (χ4v) is 4.14. The van der Waals surface area contributed by atoms with Crippen molar-refractivity contribution in [1.29, 1.82) is 0 Å². The summed E-state index contributed by atoms with van der Waals surface area (Å²) in [6, 6.07) is 0.663. The van der Waals surface area contributed by atoms with Crippen LogP contribution in [0.4, 0.5) is 0 Å². The molecule has 3 rings (SSSR count). The van der Waals surface area contributed by atoms with E-state index in [4.69, 9.17) is 0 Å². The Bertz CT molecular complexity index is 250. The van der Waals surface area contributed by atoms with Crippen LogP contribution in [0.15, 0.2) is 0 Å². The minimum Gasteiger partial charge on any atom is -0.392 e. The molecule has 0 unspecified atom stereocenters. The van der Waals surface area contributed by atoms with E-state index in [1.165, 1.54) is 38.8 Å². The zero-order valence-electron chi connectivity index (χ0n) is 10.3. The molecule has 16 heavy (non-hydrogen) atoms. The summed E-state index contributed by atoms with van der Waals surface area (Å²) in [5.41, 5.74) is 0. The monoisotopic (exact) mass is 224 g/mol.